The lowest BCUT2D eigenvalue weighted by Gasteiger charge is -2.23. The largest absolute Gasteiger partial charge is 0.394 e. The molecule has 1 atom stereocenters. The van der Waals surface area contributed by atoms with Gasteiger partial charge in [0.2, 0.25) is 0 Å². The van der Waals surface area contributed by atoms with Crippen LogP contribution in [0.2, 0.25) is 10.0 Å². The third-order valence-corrected chi connectivity index (χ3v) is 3.76. The molecule has 1 aliphatic rings. The van der Waals surface area contributed by atoms with Gasteiger partial charge in [-0.15, -0.1) is 0 Å². The summed E-state index contributed by atoms with van der Waals surface area (Å²) in [6.45, 7) is 0.660. The molecule has 0 radical (unpaired) electrons. The molecule has 1 aliphatic heterocycles. The third kappa shape index (κ3) is 2.88. The number of aliphatic hydroxyl groups excluding tert-OH is 1. The fraction of sp³-hybridized carbons (Fsp3) is 0.417. The number of nitrogens with one attached hydrogen (secondary N) is 1. The van der Waals surface area contributed by atoms with E-state index in [1.165, 1.54) is 0 Å². The van der Waals surface area contributed by atoms with Gasteiger partial charge in [0.05, 0.1) is 22.7 Å². The molecule has 2 rings (SSSR count). The number of halogens is 2. The quantitative estimate of drug-likeness (QED) is 0.879. The fourth-order valence-corrected chi connectivity index (χ4v) is 2.36. The summed E-state index contributed by atoms with van der Waals surface area (Å²) in [6, 6.07) is 4.62. The summed E-state index contributed by atoms with van der Waals surface area (Å²) in [6.07, 6.45) is 1.76. The molecule has 4 nitrogen and oxygen atoms in total. The predicted octanol–water partition coefficient (Wildman–Crippen LogP) is 2.98. The van der Waals surface area contributed by atoms with Gasteiger partial charge in [0.25, 0.3) is 0 Å². The number of aliphatic hydroxyl groups is 1. The van der Waals surface area contributed by atoms with Crippen LogP contribution in [0.3, 0.4) is 0 Å². The Morgan fingerprint density at radius 1 is 1.44 bits per heavy atom. The second kappa shape index (κ2) is 5.78. The zero-order valence-corrected chi connectivity index (χ0v) is 11.2. The zero-order valence-electron chi connectivity index (χ0n) is 9.70. The molecule has 0 spiro atoms. The number of hydrogen-bond donors (Lipinski definition) is 2. The lowest BCUT2D eigenvalue weighted by atomic mass is 10.2. The van der Waals surface area contributed by atoms with Gasteiger partial charge in [0.1, 0.15) is 0 Å². The number of benzene rings is 1. The second-order valence-corrected chi connectivity index (χ2v) is 5.05. The number of anilines is 1. The zero-order chi connectivity index (χ0) is 13.1. The first kappa shape index (κ1) is 13.5. The summed E-state index contributed by atoms with van der Waals surface area (Å²) in [7, 11) is 0. The number of hydrogen-bond acceptors (Lipinski definition) is 2. The van der Waals surface area contributed by atoms with Crippen molar-refractivity contribution in [3.8, 4) is 0 Å². The van der Waals surface area contributed by atoms with Gasteiger partial charge in [0.15, 0.2) is 0 Å². The van der Waals surface area contributed by atoms with E-state index in [1.54, 1.807) is 23.1 Å². The number of likely N-dealkylation sites (tertiary alicyclic amines) is 1. The van der Waals surface area contributed by atoms with Crippen molar-refractivity contribution in [1.82, 2.24) is 4.90 Å². The van der Waals surface area contributed by atoms with E-state index in [-0.39, 0.29) is 18.7 Å². The van der Waals surface area contributed by atoms with Crippen LogP contribution < -0.4 is 5.32 Å². The molecule has 1 aromatic rings. The highest BCUT2D eigenvalue weighted by Gasteiger charge is 2.27. The summed E-state index contributed by atoms with van der Waals surface area (Å²) >= 11 is 11.7. The molecule has 1 aromatic carbocycles. The van der Waals surface area contributed by atoms with Gasteiger partial charge in [-0.05, 0) is 31.0 Å². The molecule has 6 heteroatoms. The minimum atomic E-state index is -0.218. The van der Waals surface area contributed by atoms with E-state index >= 15 is 0 Å². The van der Waals surface area contributed by atoms with Crippen LogP contribution in [0, 0.1) is 0 Å². The van der Waals surface area contributed by atoms with Crippen LogP contribution in [0.5, 0.6) is 0 Å². The number of rotatable bonds is 2. The molecule has 0 aliphatic carbocycles. The summed E-state index contributed by atoms with van der Waals surface area (Å²) in [5.41, 5.74) is 0.595. The topological polar surface area (TPSA) is 52.6 Å². The Morgan fingerprint density at radius 2 is 2.22 bits per heavy atom. The average molecular weight is 289 g/mol. The van der Waals surface area contributed by atoms with Gasteiger partial charge < -0.3 is 15.3 Å². The summed E-state index contributed by atoms with van der Waals surface area (Å²) in [5, 5.41) is 12.8. The molecular formula is C12H14Cl2N2O2. The molecule has 18 heavy (non-hydrogen) atoms. The second-order valence-electron chi connectivity index (χ2n) is 4.23. The van der Waals surface area contributed by atoms with Crippen molar-refractivity contribution in [3.05, 3.63) is 28.2 Å². The Bertz CT molecular complexity index is 454. The van der Waals surface area contributed by atoms with Crippen LogP contribution in [0.4, 0.5) is 10.5 Å². The van der Waals surface area contributed by atoms with E-state index in [0.29, 0.717) is 22.3 Å². The lowest BCUT2D eigenvalue weighted by Crippen LogP contribution is -2.40. The van der Waals surface area contributed by atoms with Gasteiger partial charge in [-0.25, -0.2) is 4.79 Å². The molecule has 2 amide bonds. The van der Waals surface area contributed by atoms with Crippen LogP contribution in [0.15, 0.2) is 18.2 Å². The maximum atomic E-state index is 12.0. The van der Waals surface area contributed by atoms with Crippen LogP contribution in [-0.2, 0) is 0 Å². The van der Waals surface area contributed by atoms with E-state index in [2.05, 4.69) is 5.32 Å². The van der Waals surface area contributed by atoms with Gasteiger partial charge in [-0.1, -0.05) is 23.2 Å². The van der Waals surface area contributed by atoms with E-state index in [9.17, 15) is 9.90 Å². The lowest BCUT2D eigenvalue weighted by molar-refractivity contribution is 0.166. The molecule has 98 valence electrons. The molecular weight excluding hydrogens is 275 g/mol. The number of nitrogens with zero attached hydrogens (tertiary/aromatic N) is 1. The average Bonchev–Trinajstić information content (AvgIpc) is 2.82. The van der Waals surface area contributed by atoms with Crippen LogP contribution in [0.25, 0.3) is 0 Å². The van der Waals surface area contributed by atoms with Crippen molar-refractivity contribution in [2.75, 3.05) is 18.5 Å². The first-order valence-corrected chi connectivity index (χ1v) is 6.51. The molecule has 0 bridgehead atoms. The Labute approximate surface area is 115 Å². The minimum absolute atomic E-state index is 0.00516. The molecule has 2 N–H and O–H groups in total. The van der Waals surface area contributed by atoms with Crippen molar-refractivity contribution < 1.29 is 9.90 Å². The van der Waals surface area contributed by atoms with E-state index in [4.69, 9.17) is 23.2 Å². The van der Waals surface area contributed by atoms with E-state index in [0.717, 1.165) is 12.8 Å². The summed E-state index contributed by atoms with van der Waals surface area (Å²) < 4.78 is 0. The molecule has 1 saturated heterocycles. The van der Waals surface area contributed by atoms with Crippen molar-refractivity contribution in [1.29, 1.82) is 0 Å². The molecule has 1 heterocycles. The molecule has 0 saturated carbocycles. The highest BCUT2D eigenvalue weighted by Crippen LogP contribution is 2.26. The molecule has 0 aromatic heterocycles. The Balaban J connectivity index is 2.04. The van der Waals surface area contributed by atoms with Crippen LogP contribution in [0.1, 0.15) is 12.8 Å². The SMILES string of the molecule is O=C(Nc1ccc(Cl)c(Cl)c1)N1CCC[C@@H]1CO. The highest BCUT2D eigenvalue weighted by molar-refractivity contribution is 6.42. The smallest absolute Gasteiger partial charge is 0.322 e. The van der Waals surface area contributed by atoms with E-state index < -0.39 is 0 Å². The Morgan fingerprint density at radius 3 is 2.89 bits per heavy atom. The predicted molar refractivity (Wildman–Crippen MR) is 72.3 cm³/mol. The first-order chi connectivity index (χ1) is 8.61. The fourth-order valence-electron chi connectivity index (χ4n) is 2.06. The summed E-state index contributed by atoms with van der Waals surface area (Å²) in [5.74, 6) is 0. The van der Waals surface area contributed by atoms with Crippen LogP contribution >= 0.6 is 23.2 Å². The normalized spacial score (nSPS) is 19.1. The maximum Gasteiger partial charge on any atom is 0.322 e. The van der Waals surface area contributed by atoms with Gasteiger partial charge in [-0.2, -0.15) is 0 Å². The number of carbonyl (C=O) groups excluding carboxylic acids is 1. The monoisotopic (exact) mass is 288 g/mol. The Hall–Kier alpha value is -0.970. The number of carbonyl (C=O) groups is 1. The van der Waals surface area contributed by atoms with Gasteiger partial charge >= 0.3 is 6.03 Å². The number of amides is 2. The van der Waals surface area contributed by atoms with Gasteiger partial charge in [-0.3, -0.25) is 0 Å². The van der Waals surface area contributed by atoms with Crippen molar-refractivity contribution in [3.63, 3.8) is 0 Å². The first-order valence-electron chi connectivity index (χ1n) is 5.75. The summed E-state index contributed by atoms with van der Waals surface area (Å²) in [4.78, 5) is 13.6. The minimum Gasteiger partial charge on any atom is -0.394 e. The van der Waals surface area contributed by atoms with Crippen LogP contribution in [-0.4, -0.2) is 35.2 Å². The highest BCUT2D eigenvalue weighted by atomic mass is 35.5. The Kier molecular flexibility index (Phi) is 4.32. The third-order valence-electron chi connectivity index (χ3n) is 3.02. The standard InChI is InChI=1S/C12H14Cl2N2O2/c13-10-4-3-8(6-11(10)14)15-12(18)16-5-1-2-9(16)7-17/h3-4,6,9,17H,1-2,5,7H2,(H,15,18)/t9-/m1/s1. The molecule has 1 fully saturated rings. The maximum absolute atomic E-state index is 12.0. The van der Waals surface area contributed by atoms with Crippen molar-refractivity contribution in [2.45, 2.75) is 18.9 Å². The van der Waals surface area contributed by atoms with Gasteiger partial charge in [0, 0.05) is 12.2 Å². The van der Waals surface area contributed by atoms with Crippen molar-refractivity contribution in [2.24, 2.45) is 0 Å². The molecule has 0 unspecified atom stereocenters. The van der Waals surface area contributed by atoms with E-state index in [1.807, 2.05) is 0 Å². The van der Waals surface area contributed by atoms with Crippen molar-refractivity contribution >= 4 is 34.9 Å². The number of urea groups is 1.